The third-order valence-corrected chi connectivity index (χ3v) is 6.84. The van der Waals surface area contributed by atoms with Gasteiger partial charge in [0.05, 0.1) is 12.6 Å². The number of hydrogen-bond acceptors (Lipinski definition) is 3. The molecule has 0 spiro atoms. The highest BCUT2D eigenvalue weighted by atomic mass is 16.7. The van der Waals surface area contributed by atoms with Gasteiger partial charge >= 0.3 is 0 Å². The first kappa shape index (κ1) is 21.4. The smallest absolute Gasteiger partial charge is 0.163 e. The molecule has 2 aliphatic heterocycles. The van der Waals surface area contributed by atoms with Crippen LogP contribution in [0.25, 0.3) is 11.1 Å². The van der Waals surface area contributed by atoms with E-state index in [9.17, 15) is 0 Å². The number of ether oxygens (including phenoxy) is 2. The molecule has 0 saturated carbocycles. The summed E-state index contributed by atoms with van der Waals surface area (Å²) in [7, 11) is 0. The van der Waals surface area contributed by atoms with Crippen molar-refractivity contribution in [1.29, 1.82) is 0 Å². The first-order valence-electron chi connectivity index (χ1n) is 11.7. The summed E-state index contributed by atoms with van der Waals surface area (Å²) in [5, 5.41) is 0. The second-order valence-corrected chi connectivity index (χ2v) is 9.83. The molecule has 1 saturated heterocycles. The molecule has 0 radical (unpaired) electrons. The standard InChI is InChI=1S/C29H33NO2/c1-20(2)27-25-17-11-10-16-24(25)23-15-9-8-14-22(23)18-30(27)26-19-31-29(3,4)32-28(26)21-12-6-5-7-13-21/h5-17,20,26-28H,18-19H2,1-4H3/t26-,27?,28-/m0/s1. The molecule has 0 amide bonds. The van der Waals surface area contributed by atoms with Gasteiger partial charge in [-0.3, -0.25) is 4.90 Å². The summed E-state index contributed by atoms with van der Waals surface area (Å²) in [6.45, 7) is 10.2. The Hall–Kier alpha value is -2.46. The maximum Gasteiger partial charge on any atom is 0.163 e. The van der Waals surface area contributed by atoms with Crippen LogP contribution in [0.2, 0.25) is 0 Å². The zero-order chi connectivity index (χ0) is 22.3. The van der Waals surface area contributed by atoms with Crippen molar-refractivity contribution in [3.63, 3.8) is 0 Å². The van der Waals surface area contributed by atoms with E-state index in [0.717, 1.165) is 6.54 Å². The van der Waals surface area contributed by atoms with Gasteiger partial charge in [-0.1, -0.05) is 92.7 Å². The second-order valence-electron chi connectivity index (χ2n) is 9.83. The van der Waals surface area contributed by atoms with Crippen LogP contribution in [0.4, 0.5) is 0 Å². The molecule has 3 nitrogen and oxygen atoms in total. The van der Waals surface area contributed by atoms with Crippen LogP contribution in [-0.2, 0) is 16.0 Å². The first-order valence-corrected chi connectivity index (χ1v) is 11.7. The van der Waals surface area contributed by atoms with Crippen molar-refractivity contribution in [1.82, 2.24) is 4.90 Å². The molecule has 0 aromatic heterocycles. The van der Waals surface area contributed by atoms with Crippen molar-refractivity contribution >= 4 is 0 Å². The highest BCUT2D eigenvalue weighted by molar-refractivity contribution is 5.72. The van der Waals surface area contributed by atoms with Gasteiger partial charge in [0.1, 0.15) is 6.10 Å². The summed E-state index contributed by atoms with van der Waals surface area (Å²) < 4.78 is 12.9. The lowest BCUT2D eigenvalue weighted by atomic mass is 9.87. The maximum atomic E-state index is 6.61. The van der Waals surface area contributed by atoms with E-state index in [1.807, 2.05) is 13.8 Å². The van der Waals surface area contributed by atoms with Crippen LogP contribution in [-0.4, -0.2) is 23.3 Å². The Morgan fingerprint density at radius 2 is 1.50 bits per heavy atom. The molecule has 1 unspecified atom stereocenters. The van der Waals surface area contributed by atoms with Gasteiger partial charge in [0.2, 0.25) is 0 Å². The zero-order valence-electron chi connectivity index (χ0n) is 19.5. The van der Waals surface area contributed by atoms with E-state index in [1.165, 1.54) is 27.8 Å². The molecular formula is C29H33NO2. The molecule has 2 heterocycles. The molecule has 2 aliphatic rings. The molecule has 32 heavy (non-hydrogen) atoms. The fourth-order valence-corrected chi connectivity index (χ4v) is 5.45. The van der Waals surface area contributed by atoms with E-state index in [1.54, 1.807) is 0 Å². The van der Waals surface area contributed by atoms with Gasteiger partial charge in [-0.25, -0.2) is 0 Å². The van der Waals surface area contributed by atoms with Crippen molar-refractivity contribution in [3.05, 3.63) is 95.6 Å². The molecule has 0 N–H and O–H groups in total. The fourth-order valence-electron chi connectivity index (χ4n) is 5.45. The Morgan fingerprint density at radius 1 is 0.844 bits per heavy atom. The van der Waals surface area contributed by atoms with Crippen LogP contribution in [0.15, 0.2) is 78.9 Å². The molecule has 3 heteroatoms. The largest absolute Gasteiger partial charge is 0.349 e. The minimum atomic E-state index is -0.605. The molecule has 3 atom stereocenters. The lowest BCUT2D eigenvalue weighted by Gasteiger charge is -2.48. The quantitative estimate of drug-likeness (QED) is 0.461. The molecule has 1 fully saturated rings. The summed E-state index contributed by atoms with van der Waals surface area (Å²) in [5.41, 5.74) is 6.65. The van der Waals surface area contributed by atoms with Crippen molar-refractivity contribution in [3.8, 4) is 11.1 Å². The van der Waals surface area contributed by atoms with E-state index >= 15 is 0 Å². The van der Waals surface area contributed by atoms with Crippen LogP contribution in [0.3, 0.4) is 0 Å². The first-order chi connectivity index (χ1) is 15.4. The van der Waals surface area contributed by atoms with E-state index in [-0.39, 0.29) is 18.2 Å². The van der Waals surface area contributed by atoms with Crippen molar-refractivity contribution in [2.45, 2.75) is 58.2 Å². The monoisotopic (exact) mass is 427 g/mol. The summed E-state index contributed by atoms with van der Waals surface area (Å²) in [5.74, 6) is -0.164. The number of hydrogen-bond donors (Lipinski definition) is 0. The van der Waals surface area contributed by atoms with Crippen molar-refractivity contribution in [2.24, 2.45) is 5.92 Å². The number of fused-ring (bicyclic) bond motifs is 3. The molecule has 3 aromatic rings. The molecular weight excluding hydrogens is 394 g/mol. The van der Waals surface area contributed by atoms with E-state index < -0.39 is 5.79 Å². The molecule has 166 valence electrons. The van der Waals surface area contributed by atoms with Gasteiger partial charge in [-0.2, -0.15) is 0 Å². The van der Waals surface area contributed by atoms with Gasteiger partial charge in [-0.05, 0) is 47.6 Å². The Balaban J connectivity index is 1.65. The SMILES string of the molecule is CC(C)C1c2ccccc2-c2ccccc2CN1[C@H]1COC(C)(C)O[C@H]1c1ccccc1. The van der Waals surface area contributed by atoms with Gasteiger partial charge in [0.25, 0.3) is 0 Å². The molecule has 5 rings (SSSR count). The minimum absolute atomic E-state index is 0.0568. The number of benzene rings is 3. The normalized spacial score (nSPS) is 25.1. The molecule has 0 bridgehead atoms. The highest BCUT2D eigenvalue weighted by Crippen LogP contribution is 2.46. The van der Waals surface area contributed by atoms with Crippen molar-refractivity contribution in [2.75, 3.05) is 6.61 Å². The van der Waals surface area contributed by atoms with E-state index in [2.05, 4.69) is 97.6 Å². The Kier molecular flexibility index (Phi) is 5.66. The highest BCUT2D eigenvalue weighted by Gasteiger charge is 2.44. The second kappa shape index (κ2) is 8.47. The maximum absolute atomic E-state index is 6.61. The topological polar surface area (TPSA) is 21.7 Å². The van der Waals surface area contributed by atoms with Crippen LogP contribution < -0.4 is 0 Å². The predicted molar refractivity (Wildman–Crippen MR) is 129 cm³/mol. The zero-order valence-corrected chi connectivity index (χ0v) is 19.5. The van der Waals surface area contributed by atoms with Crippen LogP contribution in [0.1, 0.15) is 56.5 Å². The van der Waals surface area contributed by atoms with Crippen LogP contribution in [0, 0.1) is 5.92 Å². The lowest BCUT2D eigenvalue weighted by molar-refractivity contribution is -0.300. The summed E-state index contributed by atoms with van der Waals surface area (Å²) >= 11 is 0. The Bertz CT molecular complexity index is 1080. The van der Waals surface area contributed by atoms with Crippen LogP contribution in [0.5, 0.6) is 0 Å². The lowest BCUT2D eigenvalue weighted by Crippen LogP contribution is -2.53. The summed E-state index contributed by atoms with van der Waals surface area (Å²) in [6.07, 6.45) is -0.0568. The van der Waals surface area contributed by atoms with Crippen LogP contribution >= 0.6 is 0 Å². The summed E-state index contributed by atoms with van der Waals surface area (Å²) in [6, 6.07) is 28.8. The molecule has 0 aliphatic carbocycles. The van der Waals surface area contributed by atoms with Gasteiger partial charge in [0, 0.05) is 12.6 Å². The molecule has 3 aromatic carbocycles. The fraction of sp³-hybridized carbons (Fsp3) is 0.379. The third kappa shape index (κ3) is 3.90. The van der Waals surface area contributed by atoms with Gasteiger partial charge in [-0.15, -0.1) is 0 Å². The van der Waals surface area contributed by atoms with E-state index in [4.69, 9.17) is 9.47 Å². The predicted octanol–water partition coefficient (Wildman–Crippen LogP) is 6.76. The average molecular weight is 428 g/mol. The summed E-state index contributed by atoms with van der Waals surface area (Å²) in [4.78, 5) is 2.64. The number of rotatable bonds is 3. The third-order valence-electron chi connectivity index (χ3n) is 6.84. The average Bonchev–Trinajstić information content (AvgIpc) is 2.94. The van der Waals surface area contributed by atoms with Crippen molar-refractivity contribution < 1.29 is 9.47 Å². The Labute approximate surface area is 192 Å². The van der Waals surface area contributed by atoms with Gasteiger partial charge < -0.3 is 9.47 Å². The number of nitrogens with zero attached hydrogens (tertiary/aromatic N) is 1. The van der Waals surface area contributed by atoms with Gasteiger partial charge in [0.15, 0.2) is 5.79 Å². The Morgan fingerprint density at radius 3 is 2.25 bits per heavy atom. The van der Waals surface area contributed by atoms with E-state index in [0.29, 0.717) is 12.5 Å². The minimum Gasteiger partial charge on any atom is -0.349 e.